The van der Waals surface area contributed by atoms with Crippen molar-refractivity contribution < 1.29 is 14.8 Å². The van der Waals surface area contributed by atoms with Crippen molar-refractivity contribution >= 4 is 39.8 Å². The molecule has 0 spiro atoms. The van der Waals surface area contributed by atoms with Crippen molar-refractivity contribution in [3.05, 3.63) is 97.1 Å². The Morgan fingerprint density at radius 3 is 1.63 bits per heavy atom. The first-order chi connectivity index (χ1) is 14.3. The number of non-ortho nitro benzene ring substituents is 1. The fraction of sp³-hybridized carbons (Fsp3) is 0. The van der Waals surface area contributed by atoms with Gasteiger partial charge in [-0.05, 0) is 36.4 Å². The highest BCUT2D eigenvalue weighted by atomic mass is 16.6. The predicted molar refractivity (Wildman–Crippen MR) is 107 cm³/mol. The lowest BCUT2D eigenvalue weighted by Gasteiger charge is -2.08. The highest BCUT2D eigenvalue weighted by Crippen LogP contribution is 2.40. The van der Waals surface area contributed by atoms with E-state index in [9.17, 15) is 30.3 Å². The number of nitro benzene ring substituents is 3. The molecule has 0 aliphatic carbocycles. The normalized spacial score (nSPS) is 10.7. The van der Waals surface area contributed by atoms with Crippen LogP contribution in [0.4, 0.5) is 39.8 Å². The Hall–Kier alpha value is -4.74. The molecule has 0 unspecified atom stereocenters. The summed E-state index contributed by atoms with van der Waals surface area (Å²) in [5.41, 5.74) is -1.37. The topological polar surface area (TPSA) is 166 Å². The third-order valence-electron chi connectivity index (χ3n) is 3.86. The molecule has 0 aliphatic heterocycles. The number of azo groups is 1. The Morgan fingerprint density at radius 2 is 1.17 bits per heavy atom. The van der Waals surface area contributed by atoms with Gasteiger partial charge in [0.25, 0.3) is 5.69 Å². The van der Waals surface area contributed by atoms with Crippen LogP contribution in [0.3, 0.4) is 0 Å². The summed E-state index contributed by atoms with van der Waals surface area (Å²) in [5, 5.41) is 44.3. The van der Waals surface area contributed by atoms with E-state index in [0.717, 1.165) is 0 Å². The van der Waals surface area contributed by atoms with E-state index >= 15 is 0 Å². The second-order valence-electron chi connectivity index (χ2n) is 5.84. The number of nitrogens with one attached hydrogen (secondary N) is 1. The fourth-order valence-corrected chi connectivity index (χ4v) is 2.48. The van der Waals surface area contributed by atoms with E-state index < -0.39 is 37.5 Å². The number of nitro groups is 3. The molecule has 0 amide bonds. The van der Waals surface area contributed by atoms with Gasteiger partial charge < -0.3 is 5.32 Å². The van der Waals surface area contributed by atoms with Gasteiger partial charge in [0.2, 0.25) is 0 Å². The maximum atomic E-state index is 11.3. The molecule has 0 heterocycles. The standard InChI is InChI=1S/C18H12N6O6/c25-22(26)15-10-16(23(27)28)18(17(11-15)24(29)30)19-12-6-8-14(9-7-12)21-20-13-4-2-1-3-5-13/h1-11,19H. The van der Waals surface area contributed by atoms with Gasteiger partial charge in [-0.3, -0.25) is 30.3 Å². The number of hydrogen-bond donors (Lipinski definition) is 1. The largest absolute Gasteiger partial charge is 0.344 e. The van der Waals surface area contributed by atoms with Crippen LogP contribution in [0.5, 0.6) is 0 Å². The number of anilines is 2. The molecule has 150 valence electrons. The first-order valence-electron chi connectivity index (χ1n) is 8.30. The molecule has 0 radical (unpaired) electrons. The van der Waals surface area contributed by atoms with Crippen LogP contribution >= 0.6 is 0 Å². The van der Waals surface area contributed by atoms with Crippen LogP contribution < -0.4 is 5.32 Å². The molecular weight excluding hydrogens is 396 g/mol. The highest BCUT2D eigenvalue weighted by molar-refractivity contribution is 5.81. The number of benzene rings is 3. The predicted octanol–water partition coefficient (Wildman–Crippen LogP) is 5.57. The molecule has 3 rings (SSSR count). The van der Waals surface area contributed by atoms with Crippen LogP contribution in [0.2, 0.25) is 0 Å². The summed E-state index contributed by atoms with van der Waals surface area (Å²) in [7, 11) is 0. The third-order valence-corrected chi connectivity index (χ3v) is 3.86. The monoisotopic (exact) mass is 408 g/mol. The Morgan fingerprint density at radius 1 is 0.667 bits per heavy atom. The summed E-state index contributed by atoms with van der Waals surface area (Å²) in [5.74, 6) is 0. The van der Waals surface area contributed by atoms with Crippen LogP contribution in [-0.2, 0) is 0 Å². The minimum absolute atomic E-state index is 0.286. The number of nitrogens with zero attached hydrogens (tertiary/aromatic N) is 5. The van der Waals surface area contributed by atoms with Crippen molar-refractivity contribution in [3.8, 4) is 0 Å². The van der Waals surface area contributed by atoms with Crippen LogP contribution in [0.1, 0.15) is 0 Å². The van der Waals surface area contributed by atoms with Gasteiger partial charge in [0.15, 0.2) is 5.69 Å². The highest BCUT2D eigenvalue weighted by Gasteiger charge is 2.30. The lowest BCUT2D eigenvalue weighted by Crippen LogP contribution is -2.03. The molecule has 30 heavy (non-hydrogen) atoms. The Balaban J connectivity index is 1.92. The quantitative estimate of drug-likeness (QED) is 0.303. The molecular formula is C18H12N6O6. The molecule has 0 saturated carbocycles. The van der Waals surface area contributed by atoms with Crippen molar-refractivity contribution in [1.29, 1.82) is 0 Å². The lowest BCUT2D eigenvalue weighted by molar-refractivity contribution is -0.401. The summed E-state index contributed by atoms with van der Waals surface area (Å²) < 4.78 is 0. The van der Waals surface area contributed by atoms with Gasteiger partial charge in [0.1, 0.15) is 0 Å². The average molecular weight is 408 g/mol. The summed E-state index contributed by atoms with van der Waals surface area (Å²) in [6.07, 6.45) is 0. The van der Waals surface area contributed by atoms with E-state index in [0.29, 0.717) is 23.5 Å². The van der Waals surface area contributed by atoms with Crippen molar-refractivity contribution in [3.63, 3.8) is 0 Å². The van der Waals surface area contributed by atoms with Crippen LogP contribution in [-0.4, -0.2) is 14.8 Å². The Kier molecular flexibility index (Phi) is 5.68. The third kappa shape index (κ3) is 4.56. The van der Waals surface area contributed by atoms with Crippen LogP contribution in [0.25, 0.3) is 0 Å². The van der Waals surface area contributed by atoms with E-state index in [-0.39, 0.29) is 5.69 Å². The molecule has 0 fully saturated rings. The molecule has 0 atom stereocenters. The van der Waals surface area contributed by atoms with Gasteiger partial charge in [-0.2, -0.15) is 10.2 Å². The number of hydrogen-bond acceptors (Lipinski definition) is 9. The zero-order valence-electron chi connectivity index (χ0n) is 15.0. The second kappa shape index (κ2) is 8.52. The Bertz CT molecular complexity index is 1110. The second-order valence-corrected chi connectivity index (χ2v) is 5.84. The molecule has 1 N–H and O–H groups in total. The lowest BCUT2D eigenvalue weighted by atomic mass is 10.2. The molecule has 3 aromatic carbocycles. The SMILES string of the molecule is O=[N+]([O-])c1cc([N+](=O)[O-])c(Nc2ccc(N=Nc3ccccc3)cc2)c([N+](=O)[O-])c1. The molecule has 12 nitrogen and oxygen atoms in total. The molecule has 0 saturated heterocycles. The van der Waals surface area contributed by atoms with Crippen molar-refractivity contribution in [1.82, 2.24) is 0 Å². The molecule has 12 heteroatoms. The summed E-state index contributed by atoms with van der Waals surface area (Å²) in [6, 6.07) is 16.4. The Labute approximate surface area is 168 Å². The van der Waals surface area contributed by atoms with Gasteiger partial charge in [-0.1, -0.05) is 18.2 Å². The minimum atomic E-state index is -0.934. The van der Waals surface area contributed by atoms with E-state index in [2.05, 4.69) is 15.5 Å². The zero-order valence-corrected chi connectivity index (χ0v) is 15.0. The fourth-order valence-electron chi connectivity index (χ4n) is 2.48. The van der Waals surface area contributed by atoms with Gasteiger partial charge in [-0.15, -0.1) is 0 Å². The molecule has 0 aromatic heterocycles. The smallest absolute Gasteiger partial charge is 0.306 e. The van der Waals surface area contributed by atoms with E-state index in [1.54, 1.807) is 24.3 Å². The molecule has 0 aliphatic rings. The van der Waals surface area contributed by atoms with Crippen molar-refractivity contribution in [2.45, 2.75) is 0 Å². The van der Waals surface area contributed by atoms with E-state index in [4.69, 9.17) is 0 Å². The summed E-state index contributed by atoms with van der Waals surface area (Å²) in [4.78, 5) is 30.8. The maximum Gasteiger partial charge on any atom is 0.306 e. The van der Waals surface area contributed by atoms with Gasteiger partial charge >= 0.3 is 11.4 Å². The van der Waals surface area contributed by atoms with E-state index in [1.165, 1.54) is 12.1 Å². The minimum Gasteiger partial charge on any atom is -0.344 e. The van der Waals surface area contributed by atoms with Gasteiger partial charge in [0.05, 0.1) is 38.3 Å². The van der Waals surface area contributed by atoms with Crippen molar-refractivity contribution in [2.24, 2.45) is 10.2 Å². The maximum absolute atomic E-state index is 11.3. The van der Waals surface area contributed by atoms with Gasteiger partial charge in [-0.25, -0.2) is 0 Å². The summed E-state index contributed by atoms with van der Waals surface area (Å²) >= 11 is 0. The molecule has 3 aromatic rings. The first kappa shape index (κ1) is 20.0. The first-order valence-corrected chi connectivity index (χ1v) is 8.30. The number of rotatable bonds is 7. The zero-order chi connectivity index (χ0) is 21.7. The van der Waals surface area contributed by atoms with Gasteiger partial charge in [0, 0.05) is 5.69 Å². The average Bonchev–Trinajstić information content (AvgIpc) is 2.73. The summed E-state index contributed by atoms with van der Waals surface area (Å²) in [6.45, 7) is 0. The van der Waals surface area contributed by atoms with Crippen LogP contribution in [0, 0.1) is 30.3 Å². The molecule has 0 bridgehead atoms. The van der Waals surface area contributed by atoms with Crippen molar-refractivity contribution in [2.75, 3.05) is 5.32 Å². The van der Waals surface area contributed by atoms with E-state index in [1.807, 2.05) is 18.2 Å². The van der Waals surface area contributed by atoms with Crippen LogP contribution in [0.15, 0.2) is 77.0 Å².